The van der Waals surface area contributed by atoms with Crippen LogP contribution in [0.5, 0.6) is 0 Å². The molecule has 4 aliphatic carbocycles. The van der Waals surface area contributed by atoms with Gasteiger partial charge in [0, 0.05) is 12.3 Å². The summed E-state index contributed by atoms with van der Waals surface area (Å²) in [5.74, 6) is 0.766. The highest BCUT2D eigenvalue weighted by Crippen LogP contribution is 2.71. The highest BCUT2D eigenvalue weighted by Gasteiger charge is 2.68. The zero-order valence-electron chi connectivity index (χ0n) is 36.5. The summed E-state index contributed by atoms with van der Waals surface area (Å²) in [6.45, 7) is 8.04. The Bertz CT molecular complexity index is 1510. The summed E-state index contributed by atoms with van der Waals surface area (Å²) in [7, 11) is 0. The first-order chi connectivity index (χ1) is 29.3. The number of aliphatic hydroxyl groups excluding tert-OH is 10. The molecule has 1 unspecified atom stereocenters. The van der Waals surface area contributed by atoms with Gasteiger partial charge in [0.15, 0.2) is 24.7 Å². The summed E-state index contributed by atoms with van der Waals surface area (Å²) in [5, 5.41) is 115. The fourth-order valence-electron chi connectivity index (χ4n) is 13.8. The minimum absolute atomic E-state index is 0.0272. The molecule has 0 aromatic carbocycles. The molecule has 4 heterocycles. The van der Waals surface area contributed by atoms with Crippen molar-refractivity contribution in [2.24, 2.45) is 52.3 Å². The molecule has 8 aliphatic rings. The van der Waals surface area contributed by atoms with Gasteiger partial charge in [0.2, 0.25) is 0 Å². The molecule has 0 spiro atoms. The topological polar surface area (TPSA) is 287 Å². The lowest BCUT2D eigenvalue weighted by molar-refractivity contribution is -0.331. The van der Waals surface area contributed by atoms with Crippen LogP contribution in [0.1, 0.15) is 91.9 Å². The van der Waals surface area contributed by atoms with Crippen LogP contribution in [0.25, 0.3) is 0 Å². The third-order valence-electron chi connectivity index (χ3n) is 17.6. The van der Waals surface area contributed by atoms with Crippen molar-refractivity contribution in [3.8, 4) is 0 Å². The van der Waals surface area contributed by atoms with Crippen LogP contribution in [0.2, 0.25) is 0 Å². The molecule has 0 bridgehead atoms. The quantitative estimate of drug-likeness (QED) is 0.103. The Morgan fingerprint density at radius 2 is 1.35 bits per heavy atom. The van der Waals surface area contributed by atoms with Gasteiger partial charge in [-0.15, -0.1) is 0 Å². The number of fused-ring (bicyclic) bond motifs is 7. The maximum Gasteiger partial charge on any atom is 0.186 e. The van der Waals surface area contributed by atoms with Gasteiger partial charge in [-0.05, 0) is 104 Å². The van der Waals surface area contributed by atoms with E-state index in [0.717, 1.165) is 51.4 Å². The van der Waals surface area contributed by atoms with Crippen LogP contribution in [0.4, 0.5) is 0 Å². The van der Waals surface area contributed by atoms with E-state index in [1.165, 1.54) is 0 Å². The first kappa shape index (κ1) is 47.8. The molecule has 4 saturated carbocycles. The molecule has 4 aliphatic heterocycles. The predicted molar refractivity (Wildman–Crippen MR) is 213 cm³/mol. The molecule has 18 heteroatoms. The fourth-order valence-corrected chi connectivity index (χ4v) is 13.8. The van der Waals surface area contributed by atoms with Gasteiger partial charge in [0.05, 0.1) is 38.6 Å². The van der Waals surface area contributed by atoms with Gasteiger partial charge in [-0.25, -0.2) is 0 Å². The van der Waals surface area contributed by atoms with Gasteiger partial charge < -0.3 is 89.3 Å². The van der Waals surface area contributed by atoms with E-state index in [4.69, 9.17) is 33.2 Å². The summed E-state index contributed by atoms with van der Waals surface area (Å²) in [6.07, 6.45) is -10.7. The molecule has 0 aromatic rings. The third-order valence-corrected chi connectivity index (χ3v) is 17.6. The molecule has 18 nitrogen and oxygen atoms in total. The van der Waals surface area contributed by atoms with Gasteiger partial charge in [-0.1, -0.05) is 27.7 Å². The molecule has 0 aromatic heterocycles. The molecule has 26 atom stereocenters. The first-order valence-electron chi connectivity index (χ1n) is 23.3. The Hall–Kier alpha value is -0.720. The molecule has 0 radical (unpaired) electrons. The van der Waals surface area contributed by atoms with Gasteiger partial charge in [-0.2, -0.15) is 0 Å². The Balaban J connectivity index is 0.833. The Kier molecular flexibility index (Phi) is 14.2. The second-order valence-corrected chi connectivity index (χ2v) is 21.1. The van der Waals surface area contributed by atoms with Crippen LogP contribution in [-0.4, -0.2) is 187 Å². The van der Waals surface area contributed by atoms with E-state index in [9.17, 15) is 56.2 Å². The third kappa shape index (κ3) is 8.46. The minimum Gasteiger partial charge on any atom is -0.394 e. The maximum atomic E-state index is 12.0. The normalized spacial score (nSPS) is 55.8. The van der Waals surface area contributed by atoms with Crippen molar-refractivity contribution in [2.45, 2.75) is 196 Å². The van der Waals surface area contributed by atoms with Crippen molar-refractivity contribution in [1.29, 1.82) is 0 Å². The number of aliphatic hydroxyl groups is 11. The molecular weight excluding hydrogens is 816 g/mol. The van der Waals surface area contributed by atoms with E-state index in [1.807, 2.05) is 6.92 Å². The molecule has 62 heavy (non-hydrogen) atoms. The van der Waals surface area contributed by atoms with Gasteiger partial charge >= 0.3 is 0 Å². The molecule has 0 amide bonds. The van der Waals surface area contributed by atoms with E-state index in [0.29, 0.717) is 36.5 Å². The largest absolute Gasteiger partial charge is 0.394 e. The molecule has 8 fully saturated rings. The van der Waals surface area contributed by atoms with Crippen molar-refractivity contribution >= 4 is 0 Å². The predicted octanol–water partition coefficient (Wildman–Crippen LogP) is -1.14. The number of rotatable bonds is 12. The lowest BCUT2D eigenvalue weighted by Crippen LogP contribution is -2.61. The molecule has 11 N–H and O–H groups in total. The summed E-state index contributed by atoms with van der Waals surface area (Å²) in [4.78, 5) is 0. The zero-order chi connectivity index (χ0) is 44.6. The van der Waals surface area contributed by atoms with E-state index in [1.54, 1.807) is 0 Å². The molecule has 358 valence electrons. The van der Waals surface area contributed by atoms with Crippen molar-refractivity contribution in [1.82, 2.24) is 0 Å². The van der Waals surface area contributed by atoms with E-state index in [-0.39, 0.29) is 60.6 Å². The summed E-state index contributed by atoms with van der Waals surface area (Å²) in [5.41, 5.74) is 0.124. The summed E-state index contributed by atoms with van der Waals surface area (Å²) >= 11 is 0. The molecular formula is C44H74O18. The van der Waals surface area contributed by atoms with Crippen molar-refractivity contribution in [3.63, 3.8) is 0 Å². The van der Waals surface area contributed by atoms with Gasteiger partial charge in [0.25, 0.3) is 0 Å². The van der Waals surface area contributed by atoms with Gasteiger partial charge in [-0.3, -0.25) is 0 Å². The lowest BCUT2D eigenvalue weighted by atomic mass is 9.44. The monoisotopic (exact) mass is 890 g/mol. The van der Waals surface area contributed by atoms with E-state index < -0.39 is 98.4 Å². The minimum atomic E-state index is -1.57. The highest BCUT2D eigenvalue weighted by molar-refractivity contribution is 5.15. The summed E-state index contributed by atoms with van der Waals surface area (Å²) in [6, 6.07) is 0. The lowest BCUT2D eigenvalue weighted by Gasteiger charge is -2.61. The first-order valence-corrected chi connectivity index (χ1v) is 23.3. The zero-order valence-corrected chi connectivity index (χ0v) is 36.5. The average molecular weight is 891 g/mol. The van der Waals surface area contributed by atoms with Gasteiger partial charge in [0.1, 0.15) is 67.1 Å². The Labute approximate surface area is 363 Å². The van der Waals surface area contributed by atoms with Crippen LogP contribution in [0.3, 0.4) is 0 Å². The maximum absolute atomic E-state index is 12.0. The smallest absolute Gasteiger partial charge is 0.186 e. The molecule has 4 saturated heterocycles. The second-order valence-electron chi connectivity index (χ2n) is 21.1. The number of hydrogen-bond donors (Lipinski definition) is 11. The van der Waals surface area contributed by atoms with Crippen LogP contribution in [-0.2, 0) is 33.2 Å². The Morgan fingerprint density at radius 3 is 2.08 bits per heavy atom. The fraction of sp³-hybridized carbons (Fsp3) is 1.00. The van der Waals surface area contributed by atoms with Crippen LogP contribution in [0, 0.1) is 52.3 Å². The second kappa shape index (κ2) is 18.4. The SMILES string of the molecule is C[C@H](CCC1(O)O[C@H]2C[C@H]3[C@@H]4CC[C@H]5C[C@@H](O[C@@H]6O[C@H](CO[C@@H]7OC[C@@H](O)[C@H](O)[C@H]7O)[C@@H](O)[C@H](O)[C@H]6O)CC[C@]5(C)[C@H]4CC[C@]3(C)[C@H]2[C@@H]1C)CO[C@@H]1O[C@H](CO)[C@@H](O)[C@H](O)[C@H]1O. The van der Waals surface area contributed by atoms with E-state index >= 15 is 0 Å². The average Bonchev–Trinajstić information content (AvgIpc) is 3.69. The summed E-state index contributed by atoms with van der Waals surface area (Å²) < 4.78 is 41.2. The van der Waals surface area contributed by atoms with Crippen LogP contribution >= 0.6 is 0 Å². The Morgan fingerprint density at radius 1 is 0.694 bits per heavy atom. The standard InChI is InChI=1S/C44H74O18/c1-19(16-56-40-37(53)34(50)32(48)28(15-45)60-40)7-12-44(55)20(2)30-27(62-44)14-25-23-6-5-21-13-22(8-10-42(21,3)24(23)9-11-43(25,30)4)59-41-38(54)35(51)33(49)29(61-41)18-58-39-36(52)31(47)26(46)17-57-39/h19-41,45-55H,5-18H2,1-4H3/t19-,20+,21+,22+,23-,24+,25+,26-,27+,28-,29-,30+,31+,32-,33-,34+,35+,36-,37-,38-,39+,40-,41-,42+,43+,44?/m1/s1. The van der Waals surface area contributed by atoms with Crippen molar-refractivity contribution in [3.05, 3.63) is 0 Å². The number of hydrogen-bond acceptors (Lipinski definition) is 18. The van der Waals surface area contributed by atoms with Crippen LogP contribution in [0.15, 0.2) is 0 Å². The number of ether oxygens (including phenoxy) is 7. The van der Waals surface area contributed by atoms with Crippen LogP contribution < -0.4 is 0 Å². The van der Waals surface area contributed by atoms with Crippen molar-refractivity contribution in [2.75, 3.05) is 26.4 Å². The van der Waals surface area contributed by atoms with Crippen molar-refractivity contribution < 1.29 is 89.3 Å². The molecule has 8 rings (SSSR count). The highest BCUT2D eigenvalue weighted by atomic mass is 16.7. The van der Waals surface area contributed by atoms with E-state index in [2.05, 4.69) is 20.8 Å².